The molecule has 0 radical (unpaired) electrons. The molecule has 2 unspecified atom stereocenters. The lowest BCUT2D eigenvalue weighted by Crippen LogP contribution is -2.54. The molecule has 1 heterocycles. The van der Waals surface area contributed by atoms with Crippen LogP contribution in [0.5, 0.6) is 0 Å². The van der Waals surface area contributed by atoms with E-state index in [2.05, 4.69) is 10.6 Å². The van der Waals surface area contributed by atoms with Crippen LogP contribution in [0.1, 0.15) is 58.3 Å². The van der Waals surface area contributed by atoms with Crippen molar-refractivity contribution in [2.45, 2.75) is 77.0 Å². The normalized spacial score (nSPS) is 13.0. The standard InChI is InChI=1S/C27H38N2O6S/c1-5-6-14-22(24(30)19-36-18-21-13-10-15-33-21)28-25(31)23(17-35-27(2,3)4)29-26(32)34-16-20-11-8-7-9-12-20/h7-13,15,22-23H,5-6,14,16-19H2,1-4H3,(H,28,31)(H,29,32). The fraction of sp³-hybridized carbons (Fsp3) is 0.519. The zero-order valence-corrected chi connectivity index (χ0v) is 22.4. The minimum Gasteiger partial charge on any atom is -0.468 e. The summed E-state index contributed by atoms with van der Waals surface area (Å²) in [6.45, 7) is 7.63. The van der Waals surface area contributed by atoms with Gasteiger partial charge in [-0.2, -0.15) is 0 Å². The van der Waals surface area contributed by atoms with Crippen molar-refractivity contribution < 1.29 is 28.3 Å². The van der Waals surface area contributed by atoms with Crippen LogP contribution in [0.15, 0.2) is 53.1 Å². The number of carbonyl (C=O) groups is 3. The molecule has 0 fully saturated rings. The number of amides is 2. The van der Waals surface area contributed by atoms with Gasteiger partial charge in [0.15, 0.2) is 5.78 Å². The molecule has 1 aromatic carbocycles. The van der Waals surface area contributed by atoms with Crippen LogP contribution in [0, 0.1) is 0 Å². The SMILES string of the molecule is CCCCC(NC(=O)C(COC(C)(C)C)NC(=O)OCc1ccccc1)C(=O)CSCc1ccco1. The Hall–Kier alpha value is -2.78. The number of ether oxygens (including phenoxy) is 2. The summed E-state index contributed by atoms with van der Waals surface area (Å²) in [5.74, 6) is 1.05. The number of ketones is 1. The van der Waals surface area contributed by atoms with E-state index < -0.39 is 29.7 Å². The van der Waals surface area contributed by atoms with E-state index in [1.54, 1.807) is 12.3 Å². The molecule has 2 atom stereocenters. The van der Waals surface area contributed by atoms with Crippen LogP contribution >= 0.6 is 11.8 Å². The second-order valence-electron chi connectivity index (χ2n) is 9.42. The zero-order chi connectivity index (χ0) is 26.4. The first-order valence-corrected chi connectivity index (χ1v) is 13.4. The van der Waals surface area contributed by atoms with Crippen LogP contribution in [0.2, 0.25) is 0 Å². The van der Waals surface area contributed by atoms with Crippen molar-refractivity contribution in [3.8, 4) is 0 Å². The zero-order valence-electron chi connectivity index (χ0n) is 21.6. The summed E-state index contributed by atoms with van der Waals surface area (Å²) in [5, 5.41) is 5.43. The van der Waals surface area contributed by atoms with Gasteiger partial charge in [0.25, 0.3) is 0 Å². The molecule has 0 saturated heterocycles. The minimum atomic E-state index is -1.01. The van der Waals surface area contributed by atoms with Crippen LogP contribution in [0.4, 0.5) is 4.79 Å². The number of unbranched alkanes of at least 4 members (excludes halogenated alkanes) is 1. The molecule has 198 valence electrons. The Bertz CT molecular complexity index is 927. The van der Waals surface area contributed by atoms with Gasteiger partial charge < -0.3 is 24.5 Å². The molecule has 1 aromatic heterocycles. The average Bonchev–Trinajstić information content (AvgIpc) is 3.36. The van der Waals surface area contributed by atoms with Crippen molar-refractivity contribution in [2.24, 2.45) is 0 Å². The van der Waals surface area contributed by atoms with E-state index >= 15 is 0 Å². The lowest BCUT2D eigenvalue weighted by Gasteiger charge is -2.26. The summed E-state index contributed by atoms with van der Waals surface area (Å²) in [6.07, 6.45) is 3.06. The van der Waals surface area contributed by atoms with E-state index in [4.69, 9.17) is 13.9 Å². The van der Waals surface area contributed by atoms with E-state index in [1.165, 1.54) is 11.8 Å². The van der Waals surface area contributed by atoms with Gasteiger partial charge in [-0.3, -0.25) is 9.59 Å². The predicted octanol–water partition coefficient (Wildman–Crippen LogP) is 4.87. The minimum absolute atomic E-state index is 0.0578. The molecule has 0 aliphatic carbocycles. The Morgan fingerprint density at radius 2 is 1.78 bits per heavy atom. The Labute approximate surface area is 217 Å². The number of alkyl carbamates (subject to hydrolysis) is 1. The highest BCUT2D eigenvalue weighted by Gasteiger charge is 2.28. The molecule has 8 nitrogen and oxygen atoms in total. The third-order valence-corrected chi connectivity index (χ3v) is 6.10. The lowest BCUT2D eigenvalue weighted by molar-refractivity contribution is -0.130. The first-order valence-electron chi connectivity index (χ1n) is 12.2. The summed E-state index contributed by atoms with van der Waals surface area (Å²) in [4.78, 5) is 38.6. The van der Waals surface area contributed by atoms with Crippen molar-refractivity contribution in [1.29, 1.82) is 0 Å². The fourth-order valence-corrected chi connectivity index (χ4v) is 4.03. The maximum atomic E-state index is 13.2. The molecule has 0 aliphatic rings. The van der Waals surface area contributed by atoms with Gasteiger partial charge in [0.05, 0.1) is 36.0 Å². The van der Waals surface area contributed by atoms with Crippen LogP contribution in [0.3, 0.4) is 0 Å². The van der Waals surface area contributed by atoms with Crippen molar-refractivity contribution in [3.05, 3.63) is 60.1 Å². The number of benzene rings is 1. The number of hydrogen-bond acceptors (Lipinski definition) is 7. The van der Waals surface area contributed by atoms with Crippen LogP contribution < -0.4 is 10.6 Å². The maximum absolute atomic E-state index is 13.2. The van der Waals surface area contributed by atoms with Gasteiger partial charge >= 0.3 is 6.09 Å². The highest BCUT2D eigenvalue weighted by Crippen LogP contribution is 2.15. The summed E-state index contributed by atoms with van der Waals surface area (Å²) >= 11 is 1.44. The van der Waals surface area contributed by atoms with E-state index in [0.29, 0.717) is 12.2 Å². The molecule has 0 spiro atoms. The Kier molecular flexibility index (Phi) is 12.6. The van der Waals surface area contributed by atoms with Crippen molar-refractivity contribution in [2.75, 3.05) is 12.4 Å². The predicted molar refractivity (Wildman–Crippen MR) is 141 cm³/mol. The number of furan rings is 1. The van der Waals surface area contributed by atoms with Gasteiger partial charge in [0.1, 0.15) is 18.4 Å². The van der Waals surface area contributed by atoms with E-state index in [0.717, 1.165) is 24.2 Å². The Morgan fingerprint density at radius 3 is 2.42 bits per heavy atom. The first-order chi connectivity index (χ1) is 17.2. The molecule has 2 amide bonds. The summed E-state index contributed by atoms with van der Waals surface area (Å²) < 4.78 is 16.4. The molecule has 9 heteroatoms. The second kappa shape index (κ2) is 15.4. The van der Waals surface area contributed by atoms with Crippen molar-refractivity contribution >= 4 is 29.5 Å². The smallest absolute Gasteiger partial charge is 0.408 e. The summed E-state index contributed by atoms with van der Waals surface area (Å²) in [5.41, 5.74) is 0.311. The number of hydrogen-bond donors (Lipinski definition) is 2. The van der Waals surface area contributed by atoms with Gasteiger partial charge in [0.2, 0.25) is 5.91 Å². The van der Waals surface area contributed by atoms with Crippen LogP contribution in [0.25, 0.3) is 0 Å². The van der Waals surface area contributed by atoms with E-state index in [1.807, 2.05) is 64.1 Å². The van der Waals surface area contributed by atoms with Gasteiger partial charge in [-0.05, 0) is 44.9 Å². The number of thioether (sulfide) groups is 1. The van der Waals surface area contributed by atoms with Crippen molar-refractivity contribution in [1.82, 2.24) is 10.6 Å². The first kappa shape index (κ1) is 29.5. The number of carbonyl (C=O) groups excluding carboxylic acids is 3. The van der Waals surface area contributed by atoms with E-state index in [-0.39, 0.29) is 24.7 Å². The fourth-order valence-electron chi connectivity index (χ4n) is 3.17. The quantitative estimate of drug-likeness (QED) is 0.346. The third kappa shape index (κ3) is 11.8. The topological polar surface area (TPSA) is 107 Å². The van der Waals surface area contributed by atoms with Crippen LogP contribution in [-0.4, -0.2) is 47.8 Å². The molecule has 0 saturated carbocycles. The number of Topliss-reactive ketones (excluding diaryl/α,β-unsaturated/α-hetero) is 1. The molecular formula is C27H38N2O6S. The van der Waals surface area contributed by atoms with Gasteiger partial charge in [-0.1, -0.05) is 50.1 Å². The summed E-state index contributed by atoms with van der Waals surface area (Å²) in [6, 6.07) is 11.3. The lowest BCUT2D eigenvalue weighted by atomic mass is 10.1. The van der Waals surface area contributed by atoms with Gasteiger partial charge in [0, 0.05) is 0 Å². The number of nitrogens with one attached hydrogen (secondary N) is 2. The monoisotopic (exact) mass is 518 g/mol. The second-order valence-corrected chi connectivity index (χ2v) is 10.4. The Morgan fingerprint density at radius 1 is 1.03 bits per heavy atom. The maximum Gasteiger partial charge on any atom is 0.408 e. The summed E-state index contributed by atoms with van der Waals surface area (Å²) in [7, 11) is 0. The molecular weight excluding hydrogens is 480 g/mol. The molecule has 0 aliphatic heterocycles. The highest BCUT2D eigenvalue weighted by molar-refractivity contribution is 7.99. The number of rotatable bonds is 15. The molecule has 36 heavy (non-hydrogen) atoms. The van der Waals surface area contributed by atoms with Crippen molar-refractivity contribution in [3.63, 3.8) is 0 Å². The third-order valence-electron chi connectivity index (χ3n) is 5.12. The molecule has 0 bridgehead atoms. The van der Waals surface area contributed by atoms with Gasteiger partial charge in [-0.25, -0.2) is 4.79 Å². The Balaban J connectivity index is 1.98. The molecule has 2 aromatic rings. The van der Waals surface area contributed by atoms with Gasteiger partial charge in [-0.15, -0.1) is 11.8 Å². The van der Waals surface area contributed by atoms with E-state index in [9.17, 15) is 14.4 Å². The highest BCUT2D eigenvalue weighted by atomic mass is 32.2. The molecule has 2 rings (SSSR count). The van der Waals surface area contributed by atoms with Crippen LogP contribution in [-0.2, 0) is 31.4 Å². The molecule has 2 N–H and O–H groups in total. The average molecular weight is 519 g/mol. The largest absolute Gasteiger partial charge is 0.468 e.